The number of hydrogen-bond donors (Lipinski definition) is 0. The summed E-state index contributed by atoms with van der Waals surface area (Å²) in [6, 6.07) is 6.04. The molecular formula is C15H17N5OS2. The summed E-state index contributed by atoms with van der Waals surface area (Å²) in [6.07, 6.45) is 0. The Balaban J connectivity index is 1.46. The second-order valence-corrected chi connectivity index (χ2v) is 7.17. The van der Waals surface area contributed by atoms with Crippen molar-refractivity contribution in [3.63, 3.8) is 0 Å². The van der Waals surface area contributed by atoms with Crippen molar-refractivity contribution in [1.82, 2.24) is 24.7 Å². The van der Waals surface area contributed by atoms with Crippen molar-refractivity contribution in [3.05, 3.63) is 29.0 Å². The molecule has 0 aromatic carbocycles. The van der Waals surface area contributed by atoms with Crippen LogP contribution in [-0.2, 0) is 4.74 Å². The summed E-state index contributed by atoms with van der Waals surface area (Å²) >= 11 is 3.42. The minimum absolute atomic E-state index is 0.781. The van der Waals surface area contributed by atoms with E-state index in [9.17, 15) is 0 Å². The first-order chi connectivity index (χ1) is 11.4. The van der Waals surface area contributed by atoms with Gasteiger partial charge in [0, 0.05) is 36.3 Å². The average Bonchev–Trinajstić information content (AvgIpc) is 3.24. The van der Waals surface area contributed by atoms with Gasteiger partial charge in [-0.2, -0.15) is 21.0 Å². The fourth-order valence-electron chi connectivity index (χ4n) is 2.52. The highest BCUT2D eigenvalue weighted by atomic mass is 32.2. The highest BCUT2D eigenvalue weighted by molar-refractivity contribution is 7.99. The van der Waals surface area contributed by atoms with Gasteiger partial charge in [-0.1, -0.05) is 0 Å². The maximum Gasteiger partial charge on any atom is 0.186 e. The van der Waals surface area contributed by atoms with E-state index in [2.05, 4.69) is 25.6 Å². The molecule has 0 bridgehead atoms. The largest absolute Gasteiger partial charge is 0.379 e. The molecule has 4 rings (SSSR count). The molecule has 0 unspecified atom stereocenters. The highest BCUT2D eigenvalue weighted by Gasteiger charge is 2.12. The Kier molecular flexibility index (Phi) is 4.56. The molecule has 0 radical (unpaired) electrons. The van der Waals surface area contributed by atoms with Gasteiger partial charge in [-0.3, -0.25) is 4.90 Å². The number of morpholine rings is 1. The van der Waals surface area contributed by atoms with Crippen molar-refractivity contribution in [2.24, 2.45) is 0 Å². The summed E-state index contributed by atoms with van der Waals surface area (Å²) in [5.41, 5.74) is 1.84. The van der Waals surface area contributed by atoms with Crippen molar-refractivity contribution in [1.29, 1.82) is 0 Å². The Morgan fingerprint density at radius 3 is 2.91 bits per heavy atom. The first-order valence-electron chi connectivity index (χ1n) is 7.58. The second-order valence-electron chi connectivity index (χ2n) is 5.28. The van der Waals surface area contributed by atoms with Crippen LogP contribution in [0.2, 0.25) is 0 Å². The monoisotopic (exact) mass is 347 g/mol. The molecule has 23 heavy (non-hydrogen) atoms. The third-order valence-corrected chi connectivity index (χ3v) is 5.36. The van der Waals surface area contributed by atoms with Gasteiger partial charge < -0.3 is 4.74 Å². The fourth-order valence-corrected chi connectivity index (χ4v) is 4.02. The molecular weight excluding hydrogens is 330 g/mol. The third-order valence-electron chi connectivity index (χ3n) is 3.78. The zero-order valence-electron chi connectivity index (χ0n) is 12.6. The van der Waals surface area contributed by atoms with E-state index in [1.54, 1.807) is 23.1 Å². The van der Waals surface area contributed by atoms with Crippen molar-refractivity contribution in [2.45, 2.75) is 5.03 Å². The van der Waals surface area contributed by atoms with E-state index in [0.717, 1.165) is 60.7 Å². The lowest BCUT2D eigenvalue weighted by Crippen LogP contribution is -2.37. The van der Waals surface area contributed by atoms with Gasteiger partial charge in [0.15, 0.2) is 11.5 Å². The van der Waals surface area contributed by atoms with Crippen LogP contribution in [-0.4, -0.2) is 63.3 Å². The lowest BCUT2D eigenvalue weighted by atomic mass is 10.3. The van der Waals surface area contributed by atoms with Gasteiger partial charge >= 0.3 is 0 Å². The van der Waals surface area contributed by atoms with Crippen LogP contribution in [0.5, 0.6) is 0 Å². The second kappa shape index (κ2) is 6.96. The number of fused-ring (bicyclic) bond motifs is 1. The molecule has 8 heteroatoms. The molecule has 1 saturated heterocycles. The zero-order valence-corrected chi connectivity index (χ0v) is 14.2. The first-order valence-corrected chi connectivity index (χ1v) is 9.51. The maximum atomic E-state index is 5.37. The summed E-state index contributed by atoms with van der Waals surface area (Å²) in [7, 11) is 0. The first kappa shape index (κ1) is 15.1. The predicted octanol–water partition coefficient (Wildman–Crippen LogP) is 2.28. The lowest BCUT2D eigenvalue weighted by Gasteiger charge is -2.26. The molecule has 0 N–H and O–H groups in total. The highest BCUT2D eigenvalue weighted by Crippen LogP contribution is 2.22. The summed E-state index contributed by atoms with van der Waals surface area (Å²) in [6.45, 7) is 4.81. The van der Waals surface area contributed by atoms with E-state index in [-0.39, 0.29) is 0 Å². The average molecular weight is 347 g/mol. The van der Waals surface area contributed by atoms with E-state index in [0.29, 0.717) is 0 Å². The van der Waals surface area contributed by atoms with Crippen LogP contribution in [0.25, 0.3) is 17.0 Å². The Morgan fingerprint density at radius 1 is 1.17 bits per heavy atom. The van der Waals surface area contributed by atoms with E-state index in [1.165, 1.54) is 0 Å². The quantitative estimate of drug-likeness (QED) is 0.660. The molecule has 6 nitrogen and oxygen atoms in total. The van der Waals surface area contributed by atoms with Gasteiger partial charge in [-0.15, -0.1) is 22.0 Å². The van der Waals surface area contributed by atoms with Crippen LogP contribution in [0.3, 0.4) is 0 Å². The van der Waals surface area contributed by atoms with Crippen LogP contribution in [0.4, 0.5) is 0 Å². The van der Waals surface area contributed by atoms with E-state index in [1.807, 2.05) is 28.1 Å². The number of ether oxygens (including phenoxy) is 1. The van der Waals surface area contributed by atoms with Crippen molar-refractivity contribution >= 4 is 28.7 Å². The molecule has 1 aliphatic heterocycles. The third kappa shape index (κ3) is 3.40. The number of thioether (sulfide) groups is 1. The molecule has 3 aromatic heterocycles. The van der Waals surface area contributed by atoms with E-state index < -0.39 is 0 Å². The van der Waals surface area contributed by atoms with Crippen LogP contribution in [0.1, 0.15) is 0 Å². The summed E-state index contributed by atoms with van der Waals surface area (Å²) in [5, 5.41) is 18.2. The molecule has 0 atom stereocenters. The van der Waals surface area contributed by atoms with E-state index >= 15 is 0 Å². The summed E-state index contributed by atoms with van der Waals surface area (Å²) < 4.78 is 7.21. The van der Waals surface area contributed by atoms with Crippen molar-refractivity contribution < 1.29 is 4.74 Å². The van der Waals surface area contributed by atoms with Crippen LogP contribution in [0.15, 0.2) is 34.0 Å². The van der Waals surface area contributed by atoms with Crippen LogP contribution in [0, 0.1) is 0 Å². The normalized spacial score (nSPS) is 16.2. The summed E-state index contributed by atoms with van der Waals surface area (Å²) in [4.78, 5) is 2.44. The van der Waals surface area contributed by atoms with Gasteiger partial charge in [0.05, 0.1) is 13.2 Å². The number of hydrogen-bond acceptors (Lipinski definition) is 7. The van der Waals surface area contributed by atoms with Crippen LogP contribution >= 0.6 is 23.1 Å². The van der Waals surface area contributed by atoms with E-state index in [4.69, 9.17) is 4.74 Å². The summed E-state index contributed by atoms with van der Waals surface area (Å²) in [5.74, 6) is 1.82. The Bertz CT molecular complexity index is 767. The maximum absolute atomic E-state index is 5.37. The molecule has 120 valence electrons. The van der Waals surface area contributed by atoms with Gasteiger partial charge in [0.25, 0.3) is 0 Å². The number of rotatable bonds is 5. The standard InChI is InChI=1S/C15H17N5OS2/c1-2-14(23-10-6-19-4-7-21-8-5-19)18-20-13(1)16-17-15(20)12-3-9-22-11-12/h1-3,9,11H,4-8,10H2. The van der Waals surface area contributed by atoms with Crippen molar-refractivity contribution in [3.8, 4) is 11.4 Å². The fraction of sp³-hybridized carbons (Fsp3) is 0.400. The van der Waals surface area contributed by atoms with Gasteiger partial charge in [-0.05, 0) is 23.6 Å². The molecule has 0 amide bonds. The van der Waals surface area contributed by atoms with Gasteiger partial charge in [0.2, 0.25) is 0 Å². The molecule has 4 heterocycles. The number of nitrogens with zero attached hydrogens (tertiary/aromatic N) is 5. The molecule has 0 aliphatic carbocycles. The molecule has 1 aliphatic rings. The van der Waals surface area contributed by atoms with Gasteiger partial charge in [-0.25, -0.2) is 0 Å². The lowest BCUT2D eigenvalue weighted by molar-refractivity contribution is 0.0410. The molecule has 3 aromatic rings. The molecule has 1 fully saturated rings. The zero-order chi connectivity index (χ0) is 15.5. The Labute approximate surface area is 142 Å². The van der Waals surface area contributed by atoms with Gasteiger partial charge in [0.1, 0.15) is 5.03 Å². The molecule has 0 spiro atoms. The minimum atomic E-state index is 0.781. The van der Waals surface area contributed by atoms with Crippen LogP contribution < -0.4 is 0 Å². The number of aromatic nitrogens is 4. The Hall–Kier alpha value is -1.48. The SMILES string of the molecule is c1cc(-c2nnc3ccc(SCCN4CCOCC4)nn23)cs1. The predicted molar refractivity (Wildman–Crippen MR) is 92.1 cm³/mol. The number of thiophene rings is 1. The van der Waals surface area contributed by atoms with Crippen molar-refractivity contribution in [2.75, 3.05) is 38.6 Å². The Morgan fingerprint density at radius 2 is 2.09 bits per heavy atom. The smallest absolute Gasteiger partial charge is 0.186 e. The topological polar surface area (TPSA) is 55.5 Å². The minimum Gasteiger partial charge on any atom is -0.379 e. The molecule has 0 saturated carbocycles.